The molecular weight excluding hydrogens is 320 g/mol. The Morgan fingerprint density at radius 3 is 3.00 bits per heavy atom. The van der Waals surface area contributed by atoms with E-state index in [-0.39, 0.29) is 18.1 Å². The lowest BCUT2D eigenvalue weighted by atomic mass is 10.2. The summed E-state index contributed by atoms with van der Waals surface area (Å²) in [4.78, 5) is 18.6. The quantitative estimate of drug-likeness (QED) is 0.922. The number of benzene rings is 1. The number of urea groups is 1. The summed E-state index contributed by atoms with van der Waals surface area (Å²) >= 11 is 0. The Hall–Kier alpha value is -2.41. The predicted molar refractivity (Wildman–Crippen MR) is 93.2 cm³/mol. The lowest BCUT2D eigenvalue weighted by molar-refractivity contribution is 0.0710. The lowest BCUT2D eigenvalue weighted by Gasteiger charge is -2.23. The molecule has 1 fully saturated rings. The SMILES string of the molecule is C[C@H](CNC(=O)N1CCCO[C@@H](C)C1)c1nc(-c2ccccc2)no1. The number of rotatable bonds is 4. The van der Waals surface area contributed by atoms with Crippen molar-refractivity contribution < 1.29 is 14.1 Å². The zero-order chi connectivity index (χ0) is 17.6. The van der Waals surface area contributed by atoms with E-state index in [0.717, 1.165) is 12.0 Å². The summed E-state index contributed by atoms with van der Waals surface area (Å²) in [6, 6.07) is 9.60. The highest BCUT2D eigenvalue weighted by Gasteiger charge is 2.21. The molecule has 1 aliphatic rings. The van der Waals surface area contributed by atoms with Crippen molar-refractivity contribution in [1.82, 2.24) is 20.4 Å². The fourth-order valence-electron chi connectivity index (χ4n) is 2.76. The van der Waals surface area contributed by atoms with Crippen LogP contribution < -0.4 is 5.32 Å². The number of nitrogens with one attached hydrogen (secondary N) is 1. The second-order valence-electron chi connectivity index (χ2n) is 6.39. The Morgan fingerprint density at radius 1 is 1.40 bits per heavy atom. The maximum absolute atomic E-state index is 12.4. The molecule has 1 aromatic heterocycles. The molecule has 7 heteroatoms. The van der Waals surface area contributed by atoms with Gasteiger partial charge in [0.2, 0.25) is 11.7 Å². The van der Waals surface area contributed by atoms with Crippen molar-refractivity contribution in [3.05, 3.63) is 36.2 Å². The third kappa shape index (κ3) is 4.57. The van der Waals surface area contributed by atoms with Gasteiger partial charge in [-0.3, -0.25) is 0 Å². The van der Waals surface area contributed by atoms with E-state index in [2.05, 4.69) is 15.5 Å². The third-order valence-electron chi connectivity index (χ3n) is 4.19. The minimum Gasteiger partial charge on any atom is -0.377 e. The first kappa shape index (κ1) is 17.4. The highest BCUT2D eigenvalue weighted by molar-refractivity contribution is 5.74. The van der Waals surface area contributed by atoms with Crippen LogP contribution in [0.5, 0.6) is 0 Å². The van der Waals surface area contributed by atoms with Gasteiger partial charge in [-0.25, -0.2) is 4.79 Å². The van der Waals surface area contributed by atoms with Gasteiger partial charge in [0.25, 0.3) is 0 Å². The van der Waals surface area contributed by atoms with Crippen LogP contribution in [0.3, 0.4) is 0 Å². The van der Waals surface area contributed by atoms with Crippen molar-refractivity contribution in [3.8, 4) is 11.4 Å². The Kier molecular flexibility index (Phi) is 5.65. The van der Waals surface area contributed by atoms with E-state index in [1.54, 1.807) is 4.90 Å². The molecule has 0 bridgehead atoms. The number of nitrogens with zero attached hydrogens (tertiary/aromatic N) is 3. The number of hydrogen-bond donors (Lipinski definition) is 1. The number of carbonyl (C=O) groups is 1. The van der Waals surface area contributed by atoms with E-state index in [4.69, 9.17) is 9.26 Å². The first-order valence-corrected chi connectivity index (χ1v) is 8.67. The molecule has 134 valence electrons. The molecule has 0 unspecified atom stereocenters. The van der Waals surface area contributed by atoms with Crippen molar-refractivity contribution in [2.45, 2.75) is 32.3 Å². The van der Waals surface area contributed by atoms with Crippen molar-refractivity contribution in [3.63, 3.8) is 0 Å². The van der Waals surface area contributed by atoms with Crippen LogP contribution in [0.25, 0.3) is 11.4 Å². The van der Waals surface area contributed by atoms with Crippen LogP contribution >= 0.6 is 0 Å². The van der Waals surface area contributed by atoms with E-state index in [9.17, 15) is 4.79 Å². The second kappa shape index (κ2) is 8.11. The van der Waals surface area contributed by atoms with Gasteiger partial charge in [-0.15, -0.1) is 0 Å². The normalized spacial score (nSPS) is 19.3. The maximum atomic E-state index is 12.4. The van der Waals surface area contributed by atoms with Crippen LogP contribution in [-0.4, -0.2) is 53.4 Å². The molecule has 1 saturated heterocycles. The van der Waals surface area contributed by atoms with Gasteiger partial charge in [0, 0.05) is 31.8 Å². The molecule has 3 rings (SSSR count). The van der Waals surface area contributed by atoms with Crippen molar-refractivity contribution in [2.75, 3.05) is 26.2 Å². The van der Waals surface area contributed by atoms with Gasteiger partial charge in [-0.2, -0.15) is 4.98 Å². The zero-order valence-corrected chi connectivity index (χ0v) is 14.6. The minimum atomic E-state index is -0.0769. The lowest BCUT2D eigenvalue weighted by Crippen LogP contribution is -2.43. The molecule has 1 N–H and O–H groups in total. The smallest absolute Gasteiger partial charge is 0.317 e. The molecule has 25 heavy (non-hydrogen) atoms. The molecule has 7 nitrogen and oxygen atoms in total. The largest absolute Gasteiger partial charge is 0.377 e. The monoisotopic (exact) mass is 344 g/mol. The Labute approximate surface area is 147 Å². The molecule has 1 aromatic carbocycles. The highest BCUT2D eigenvalue weighted by atomic mass is 16.5. The van der Waals surface area contributed by atoms with Gasteiger partial charge in [0.1, 0.15) is 0 Å². The first-order chi connectivity index (χ1) is 12.1. The Bertz CT molecular complexity index is 689. The number of aromatic nitrogens is 2. The molecular formula is C18H24N4O3. The summed E-state index contributed by atoms with van der Waals surface area (Å²) < 4.78 is 10.9. The fraction of sp³-hybridized carbons (Fsp3) is 0.500. The van der Waals surface area contributed by atoms with Gasteiger partial charge in [-0.1, -0.05) is 42.4 Å². The maximum Gasteiger partial charge on any atom is 0.317 e. The summed E-state index contributed by atoms with van der Waals surface area (Å²) in [5.41, 5.74) is 0.910. The summed E-state index contributed by atoms with van der Waals surface area (Å²) in [7, 11) is 0. The van der Waals surface area contributed by atoms with Crippen molar-refractivity contribution in [2.24, 2.45) is 0 Å². The zero-order valence-electron chi connectivity index (χ0n) is 14.6. The molecule has 0 saturated carbocycles. The van der Waals surface area contributed by atoms with E-state index >= 15 is 0 Å². The summed E-state index contributed by atoms with van der Waals surface area (Å²) in [5, 5.41) is 6.97. The molecule has 1 aliphatic heterocycles. The Morgan fingerprint density at radius 2 is 2.20 bits per heavy atom. The third-order valence-corrected chi connectivity index (χ3v) is 4.19. The Balaban J connectivity index is 1.55. The second-order valence-corrected chi connectivity index (χ2v) is 6.39. The van der Waals surface area contributed by atoms with Crippen molar-refractivity contribution in [1.29, 1.82) is 0 Å². The predicted octanol–water partition coefficient (Wildman–Crippen LogP) is 2.66. The van der Waals surface area contributed by atoms with Gasteiger partial charge < -0.3 is 19.5 Å². The van der Waals surface area contributed by atoms with E-state index in [0.29, 0.717) is 38.0 Å². The average molecular weight is 344 g/mol. The average Bonchev–Trinajstić information content (AvgIpc) is 3.03. The molecule has 2 atom stereocenters. The van der Waals surface area contributed by atoms with Gasteiger partial charge in [0.05, 0.1) is 12.0 Å². The molecule has 0 spiro atoms. The number of hydrogen-bond acceptors (Lipinski definition) is 5. The van der Waals surface area contributed by atoms with E-state index < -0.39 is 0 Å². The first-order valence-electron chi connectivity index (χ1n) is 8.67. The van der Waals surface area contributed by atoms with Gasteiger partial charge in [-0.05, 0) is 13.3 Å². The number of ether oxygens (including phenoxy) is 1. The standard InChI is InChI=1S/C18H24N4O3/c1-13(11-19-18(23)22-9-6-10-24-14(2)12-22)17-20-16(21-25-17)15-7-4-3-5-8-15/h3-5,7-8,13-14H,6,9-12H2,1-2H3,(H,19,23)/t13-,14+/m1/s1. The number of carbonyl (C=O) groups excluding carboxylic acids is 1. The minimum absolute atomic E-state index is 0.0606. The van der Waals surface area contributed by atoms with Crippen LogP contribution in [0.2, 0.25) is 0 Å². The number of amides is 2. The van der Waals surface area contributed by atoms with Gasteiger partial charge in [0.15, 0.2) is 0 Å². The van der Waals surface area contributed by atoms with E-state index in [1.165, 1.54) is 0 Å². The van der Waals surface area contributed by atoms with Crippen molar-refractivity contribution >= 4 is 6.03 Å². The fourth-order valence-corrected chi connectivity index (χ4v) is 2.76. The van der Waals surface area contributed by atoms with Crippen LogP contribution in [-0.2, 0) is 4.74 Å². The summed E-state index contributed by atoms with van der Waals surface area (Å²) in [5.74, 6) is 1.02. The summed E-state index contributed by atoms with van der Waals surface area (Å²) in [6.07, 6.45) is 0.923. The van der Waals surface area contributed by atoms with E-state index in [1.807, 2.05) is 44.2 Å². The molecule has 0 aliphatic carbocycles. The van der Waals surface area contributed by atoms with Crippen LogP contribution in [0, 0.1) is 0 Å². The van der Waals surface area contributed by atoms with Crippen LogP contribution in [0.1, 0.15) is 32.1 Å². The van der Waals surface area contributed by atoms with Crippen LogP contribution in [0.15, 0.2) is 34.9 Å². The highest BCUT2D eigenvalue weighted by Crippen LogP contribution is 2.19. The van der Waals surface area contributed by atoms with Gasteiger partial charge >= 0.3 is 6.03 Å². The molecule has 2 heterocycles. The molecule has 0 radical (unpaired) electrons. The molecule has 2 amide bonds. The molecule has 2 aromatic rings. The topological polar surface area (TPSA) is 80.5 Å². The van der Waals surface area contributed by atoms with Crippen LogP contribution in [0.4, 0.5) is 4.79 Å². The summed E-state index contributed by atoms with van der Waals surface area (Å²) in [6.45, 7) is 6.41.